The summed E-state index contributed by atoms with van der Waals surface area (Å²) in [5.74, 6) is 0.278. The van der Waals surface area contributed by atoms with Crippen LogP contribution < -0.4 is 5.32 Å². The third-order valence-electron chi connectivity index (χ3n) is 4.54. The highest BCUT2D eigenvalue weighted by Gasteiger charge is 2.40. The number of carbonyl (C=O) groups is 2. The third-order valence-corrected chi connectivity index (χ3v) is 4.54. The van der Waals surface area contributed by atoms with Gasteiger partial charge in [-0.05, 0) is 24.8 Å². The molecule has 2 aliphatic rings. The Labute approximate surface area is 124 Å². The van der Waals surface area contributed by atoms with Crippen LogP contribution in [0, 0.1) is 5.92 Å². The standard InChI is InChI=1S/C15H22N4O2/c1-18-8-7-12(17-18)10-19-13(20)9-16-15(21)14(19)11-5-3-2-4-6-11/h7-8,11,14H,2-6,9-10H2,1H3,(H,16,21). The fraction of sp³-hybridized carbons (Fsp3) is 0.667. The number of aromatic nitrogens is 2. The van der Waals surface area contributed by atoms with E-state index in [9.17, 15) is 9.59 Å². The molecule has 0 bridgehead atoms. The Balaban J connectivity index is 1.81. The van der Waals surface area contributed by atoms with Crippen molar-refractivity contribution in [3.05, 3.63) is 18.0 Å². The lowest BCUT2D eigenvalue weighted by atomic mass is 9.82. The molecular weight excluding hydrogens is 268 g/mol. The molecule has 1 saturated carbocycles. The SMILES string of the molecule is Cn1ccc(CN2C(=O)CNC(=O)C2C2CCCCC2)n1. The van der Waals surface area contributed by atoms with Crippen molar-refractivity contribution in [2.24, 2.45) is 13.0 Å². The Morgan fingerprint density at radius 3 is 2.71 bits per heavy atom. The van der Waals surface area contributed by atoms with Crippen molar-refractivity contribution in [3.63, 3.8) is 0 Å². The van der Waals surface area contributed by atoms with E-state index >= 15 is 0 Å². The monoisotopic (exact) mass is 290 g/mol. The fourth-order valence-electron chi connectivity index (χ4n) is 3.49. The molecule has 2 amide bonds. The summed E-state index contributed by atoms with van der Waals surface area (Å²) in [5.41, 5.74) is 0.835. The zero-order valence-electron chi connectivity index (χ0n) is 12.4. The first-order valence-electron chi connectivity index (χ1n) is 7.71. The van der Waals surface area contributed by atoms with Gasteiger partial charge in [0.15, 0.2) is 0 Å². The van der Waals surface area contributed by atoms with E-state index in [2.05, 4.69) is 10.4 Å². The largest absolute Gasteiger partial charge is 0.345 e. The van der Waals surface area contributed by atoms with E-state index < -0.39 is 0 Å². The number of amides is 2. The topological polar surface area (TPSA) is 67.2 Å². The van der Waals surface area contributed by atoms with Gasteiger partial charge in [-0.3, -0.25) is 14.3 Å². The molecule has 114 valence electrons. The van der Waals surface area contributed by atoms with E-state index in [0.29, 0.717) is 6.54 Å². The number of hydrogen-bond donors (Lipinski definition) is 1. The number of carbonyl (C=O) groups excluding carboxylic acids is 2. The minimum absolute atomic E-state index is 0.00238. The minimum atomic E-state index is -0.325. The van der Waals surface area contributed by atoms with Crippen LogP contribution in [0.3, 0.4) is 0 Å². The van der Waals surface area contributed by atoms with Gasteiger partial charge in [0.1, 0.15) is 6.04 Å². The number of piperazine rings is 1. The summed E-state index contributed by atoms with van der Waals surface area (Å²) in [6.07, 6.45) is 7.47. The predicted octanol–water partition coefficient (Wildman–Crippen LogP) is 0.827. The molecule has 1 atom stereocenters. The Morgan fingerprint density at radius 1 is 1.29 bits per heavy atom. The van der Waals surface area contributed by atoms with Crippen LogP contribution in [-0.4, -0.2) is 39.1 Å². The van der Waals surface area contributed by atoms with Gasteiger partial charge in [-0.25, -0.2) is 0 Å². The molecule has 1 aromatic heterocycles. The van der Waals surface area contributed by atoms with Crippen LogP contribution in [0.15, 0.2) is 12.3 Å². The summed E-state index contributed by atoms with van der Waals surface area (Å²) >= 11 is 0. The van der Waals surface area contributed by atoms with Gasteiger partial charge in [0, 0.05) is 13.2 Å². The molecule has 1 saturated heterocycles. The number of hydrogen-bond acceptors (Lipinski definition) is 3. The average Bonchev–Trinajstić information content (AvgIpc) is 2.89. The maximum absolute atomic E-state index is 12.3. The zero-order chi connectivity index (χ0) is 14.8. The number of nitrogens with one attached hydrogen (secondary N) is 1. The fourth-order valence-corrected chi connectivity index (χ4v) is 3.49. The number of rotatable bonds is 3. The van der Waals surface area contributed by atoms with E-state index in [-0.39, 0.29) is 30.3 Å². The normalized spacial score (nSPS) is 24.2. The second-order valence-electron chi connectivity index (χ2n) is 6.06. The summed E-state index contributed by atoms with van der Waals surface area (Å²) in [6.45, 7) is 0.531. The van der Waals surface area contributed by atoms with Crippen LogP contribution in [0.25, 0.3) is 0 Å². The average molecular weight is 290 g/mol. The maximum atomic E-state index is 12.3. The maximum Gasteiger partial charge on any atom is 0.243 e. The summed E-state index contributed by atoms with van der Waals surface area (Å²) in [5, 5.41) is 7.08. The summed E-state index contributed by atoms with van der Waals surface area (Å²) in [4.78, 5) is 26.3. The molecule has 6 nitrogen and oxygen atoms in total. The van der Waals surface area contributed by atoms with Gasteiger partial charge in [0.2, 0.25) is 11.8 Å². The smallest absolute Gasteiger partial charge is 0.243 e. The second-order valence-corrected chi connectivity index (χ2v) is 6.06. The molecule has 21 heavy (non-hydrogen) atoms. The lowest BCUT2D eigenvalue weighted by Gasteiger charge is -2.40. The van der Waals surface area contributed by atoms with Crippen molar-refractivity contribution < 1.29 is 9.59 Å². The van der Waals surface area contributed by atoms with Crippen LogP contribution >= 0.6 is 0 Å². The van der Waals surface area contributed by atoms with Gasteiger partial charge < -0.3 is 10.2 Å². The van der Waals surface area contributed by atoms with Crippen LogP contribution in [-0.2, 0) is 23.2 Å². The van der Waals surface area contributed by atoms with Gasteiger partial charge in [0.25, 0.3) is 0 Å². The quantitative estimate of drug-likeness (QED) is 0.896. The van der Waals surface area contributed by atoms with Crippen molar-refractivity contribution in [3.8, 4) is 0 Å². The molecule has 1 unspecified atom stereocenters. The first-order valence-corrected chi connectivity index (χ1v) is 7.71. The predicted molar refractivity (Wildman–Crippen MR) is 77.1 cm³/mol. The molecule has 1 aliphatic heterocycles. The molecule has 0 aromatic carbocycles. The van der Waals surface area contributed by atoms with Crippen LogP contribution in [0.2, 0.25) is 0 Å². The van der Waals surface area contributed by atoms with Crippen molar-refractivity contribution in [1.29, 1.82) is 0 Å². The minimum Gasteiger partial charge on any atom is -0.345 e. The van der Waals surface area contributed by atoms with E-state index in [0.717, 1.165) is 31.4 Å². The lowest BCUT2D eigenvalue weighted by molar-refractivity contribution is -0.149. The first-order chi connectivity index (χ1) is 10.1. The molecule has 1 aliphatic carbocycles. The summed E-state index contributed by atoms with van der Waals surface area (Å²) in [7, 11) is 1.85. The molecule has 1 aromatic rings. The molecule has 0 radical (unpaired) electrons. The van der Waals surface area contributed by atoms with Gasteiger partial charge in [-0.1, -0.05) is 19.3 Å². The van der Waals surface area contributed by atoms with Gasteiger partial charge >= 0.3 is 0 Å². The molecular formula is C15H22N4O2. The summed E-state index contributed by atoms with van der Waals surface area (Å²) < 4.78 is 1.72. The van der Waals surface area contributed by atoms with Crippen molar-refractivity contribution in [2.75, 3.05) is 6.54 Å². The van der Waals surface area contributed by atoms with Crippen LogP contribution in [0.4, 0.5) is 0 Å². The Morgan fingerprint density at radius 2 is 2.05 bits per heavy atom. The third kappa shape index (κ3) is 2.94. The van der Waals surface area contributed by atoms with Gasteiger partial charge in [-0.15, -0.1) is 0 Å². The lowest BCUT2D eigenvalue weighted by Crippen LogP contribution is -2.60. The highest BCUT2D eigenvalue weighted by atomic mass is 16.2. The molecule has 2 heterocycles. The molecule has 6 heteroatoms. The number of nitrogens with zero attached hydrogens (tertiary/aromatic N) is 3. The van der Waals surface area contributed by atoms with Crippen LogP contribution in [0.1, 0.15) is 37.8 Å². The van der Waals surface area contributed by atoms with Crippen molar-refractivity contribution in [2.45, 2.75) is 44.7 Å². The van der Waals surface area contributed by atoms with E-state index in [1.807, 2.05) is 19.3 Å². The number of aryl methyl sites for hydroxylation is 1. The van der Waals surface area contributed by atoms with Crippen molar-refractivity contribution in [1.82, 2.24) is 20.0 Å². The molecule has 3 rings (SSSR count). The Hall–Kier alpha value is -1.85. The van der Waals surface area contributed by atoms with Gasteiger partial charge in [-0.2, -0.15) is 5.10 Å². The van der Waals surface area contributed by atoms with E-state index in [1.165, 1.54) is 6.42 Å². The second kappa shape index (κ2) is 5.87. The molecule has 0 spiro atoms. The van der Waals surface area contributed by atoms with E-state index in [4.69, 9.17) is 0 Å². The van der Waals surface area contributed by atoms with Crippen LogP contribution in [0.5, 0.6) is 0 Å². The Bertz CT molecular complexity index is 534. The van der Waals surface area contributed by atoms with E-state index in [1.54, 1.807) is 9.58 Å². The van der Waals surface area contributed by atoms with Crippen molar-refractivity contribution >= 4 is 11.8 Å². The first kappa shape index (κ1) is 14.1. The highest BCUT2D eigenvalue weighted by Crippen LogP contribution is 2.31. The zero-order valence-corrected chi connectivity index (χ0v) is 12.4. The van der Waals surface area contributed by atoms with Gasteiger partial charge in [0.05, 0.1) is 18.8 Å². The molecule has 1 N–H and O–H groups in total. The highest BCUT2D eigenvalue weighted by molar-refractivity contribution is 5.95. The molecule has 2 fully saturated rings. The Kier molecular flexibility index (Phi) is 3.94. The summed E-state index contributed by atoms with van der Waals surface area (Å²) in [6, 6.07) is 1.58.